The van der Waals surface area contributed by atoms with Crippen LogP contribution in [-0.4, -0.2) is 19.4 Å². The molecule has 4 aliphatic heterocycles. The van der Waals surface area contributed by atoms with Gasteiger partial charge in [-0.3, -0.25) is 0 Å². The lowest BCUT2D eigenvalue weighted by Gasteiger charge is -2.48. The minimum atomic E-state index is -2.78. The van der Waals surface area contributed by atoms with Gasteiger partial charge in [0.2, 0.25) is 0 Å². The summed E-state index contributed by atoms with van der Waals surface area (Å²) in [6.07, 6.45) is 0. The van der Waals surface area contributed by atoms with Crippen molar-refractivity contribution in [1.82, 2.24) is 4.48 Å². The number of hydrogen-bond donors (Lipinski definition) is 0. The quantitative estimate of drug-likeness (QED) is 0.145. The van der Waals surface area contributed by atoms with E-state index in [0.717, 1.165) is 21.9 Å². The van der Waals surface area contributed by atoms with E-state index in [0.29, 0.717) is 0 Å². The lowest BCUT2D eigenvalue weighted by atomic mass is 9.45. The Labute approximate surface area is 328 Å². The second-order valence-corrected chi connectivity index (χ2v) is 19.9. The Hall–Kier alpha value is -7.08. The Morgan fingerprint density at radius 1 is 0.491 bits per heavy atom. The molecular weight excluding hydrogens is 707 g/mol. The molecule has 3 nitrogen and oxygen atoms in total. The highest BCUT2D eigenvalue weighted by Crippen LogP contribution is 2.51. The molecule has 2 aromatic heterocycles. The molecule has 4 aliphatic rings. The standard InChI is InChI=1S/C52H29BN2OSi/c1-2-14-31-30(13-1)27-28-40-47(31)35-18-11-19-36-48-49-41(29-37-32-15-3-7-22-42(32)56-52(37)48)54-39-21-6-10-25-45(39)57(43-23-8-4-16-33(43)34-17-5-9-24-44(34)57)46-26-12-20-38(51(46)54)53(49)55(40)50(35)36/h1-29H. The second-order valence-electron chi connectivity index (χ2n) is 16.3. The molecule has 0 amide bonds. The fourth-order valence-corrected chi connectivity index (χ4v) is 17.6. The van der Waals surface area contributed by atoms with E-state index in [1.54, 1.807) is 0 Å². The maximum atomic E-state index is 7.01. The molecule has 6 heterocycles. The third-order valence-electron chi connectivity index (χ3n) is 13.9. The van der Waals surface area contributed by atoms with Gasteiger partial charge in [-0.2, -0.15) is 0 Å². The molecule has 0 fully saturated rings. The van der Waals surface area contributed by atoms with E-state index < -0.39 is 8.07 Å². The first-order valence-electron chi connectivity index (χ1n) is 20.0. The summed E-state index contributed by atoms with van der Waals surface area (Å²) in [5.74, 6) is 0. The van der Waals surface area contributed by atoms with Crippen molar-refractivity contribution in [3.63, 3.8) is 0 Å². The van der Waals surface area contributed by atoms with E-state index in [4.69, 9.17) is 4.42 Å². The first-order valence-corrected chi connectivity index (χ1v) is 22.0. The Kier molecular flexibility index (Phi) is 5.04. The van der Waals surface area contributed by atoms with Crippen molar-refractivity contribution < 1.29 is 4.42 Å². The number of fused-ring (bicyclic) bond motifs is 22. The molecule has 9 aromatic carbocycles. The van der Waals surface area contributed by atoms with Gasteiger partial charge in [-0.05, 0) is 77.8 Å². The highest BCUT2D eigenvalue weighted by molar-refractivity contribution is 7.24. The first kappa shape index (κ1) is 29.2. The van der Waals surface area contributed by atoms with Crippen molar-refractivity contribution >= 4 is 118 Å². The average molecular weight is 737 g/mol. The van der Waals surface area contributed by atoms with Crippen LogP contribution in [0.25, 0.3) is 76.8 Å². The molecular formula is C52H29BN2OSi. The number of anilines is 3. The summed E-state index contributed by atoms with van der Waals surface area (Å²) in [6, 6.07) is 66.7. The lowest BCUT2D eigenvalue weighted by molar-refractivity contribution is 0.670. The van der Waals surface area contributed by atoms with E-state index in [2.05, 4.69) is 185 Å². The smallest absolute Gasteiger partial charge is 0.333 e. The number of nitrogens with zero attached hydrogens (tertiary/aromatic N) is 2. The van der Waals surface area contributed by atoms with Gasteiger partial charge in [0.1, 0.15) is 11.2 Å². The van der Waals surface area contributed by atoms with Crippen LogP contribution in [0.5, 0.6) is 0 Å². The number of furan rings is 1. The topological polar surface area (TPSA) is 21.3 Å². The lowest BCUT2D eigenvalue weighted by Crippen LogP contribution is -2.77. The van der Waals surface area contributed by atoms with Crippen molar-refractivity contribution in [2.75, 3.05) is 4.90 Å². The van der Waals surface area contributed by atoms with Gasteiger partial charge in [0.05, 0.1) is 0 Å². The number of hydrogen-bond acceptors (Lipinski definition) is 2. The second kappa shape index (κ2) is 9.83. The molecule has 11 aromatic rings. The molecule has 0 saturated heterocycles. The Morgan fingerprint density at radius 3 is 2.02 bits per heavy atom. The minimum Gasteiger partial charge on any atom is -0.455 e. The normalized spacial score (nSPS) is 14.7. The third-order valence-corrected chi connectivity index (χ3v) is 18.9. The summed E-state index contributed by atoms with van der Waals surface area (Å²) in [6.45, 7) is -0.0712. The predicted octanol–water partition coefficient (Wildman–Crippen LogP) is 8.94. The monoisotopic (exact) mass is 736 g/mol. The van der Waals surface area contributed by atoms with E-state index in [1.165, 1.54) is 104 Å². The zero-order chi connectivity index (χ0) is 36.7. The summed E-state index contributed by atoms with van der Waals surface area (Å²) in [7, 11) is -2.78. The zero-order valence-electron chi connectivity index (χ0n) is 30.6. The van der Waals surface area contributed by atoms with Gasteiger partial charge in [0.25, 0.3) is 0 Å². The maximum Gasteiger partial charge on any atom is 0.333 e. The number of rotatable bonds is 0. The molecule has 57 heavy (non-hydrogen) atoms. The SMILES string of the molecule is c1ccc2c(c1)-c1ccccc1[Si]21c2ccccc2N2c3cc4c(oc5ccccc54)c4c3B(c3cccc1c32)n1c2ccc3ccccc3c2c2cccc-4c21. The molecule has 0 aliphatic carbocycles. The van der Waals surface area contributed by atoms with Crippen LogP contribution in [0.3, 0.4) is 0 Å². The number of aromatic nitrogens is 1. The van der Waals surface area contributed by atoms with Crippen LogP contribution in [0.1, 0.15) is 0 Å². The molecule has 0 N–H and O–H groups in total. The Bertz CT molecular complexity index is 3640. The van der Waals surface area contributed by atoms with Crippen LogP contribution >= 0.6 is 0 Å². The van der Waals surface area contributed by atoms with Gasteiger partial charge in [-0.1, -0.05) is 152 Å². The van der Waals surface area contributed by atoms with Gasteiger partial charge in [-0.15, -0.1) is 0 Å². The highest BCUT2D eigenvalue weighted by Gasteiger charge is 2.57. The molecule has 260 valence electrons. The van der Waals surface area contributed by atoms with E-state index in [-0.39, 0.29) is 6.85 Å². The summed E-state index contributed by atoms with van der Waals surface area (Å²) < 4.78 is 9.71. The first-order chi connectivity index (χ1) is 28.3. The van der Waals surface area contributed by atoms with Crippen molar-refractivity contribution in [2.24, 2.45) is 0 Å². The molecule has 5 heteroatoms. The van der Waals surface area contributed by atoms with Gasteiger partial charge >= 0.3 is 6.85 Å². The third kappa shape index (κ3) is 3.15. The highest BCUT2D eigenvalue weighted by atomic mass is 28.3. The van der Waals surface area contributed by atoms with Gasteiger partial charge in [-0.25, -0.2) is 0 Å². The van der Waals surface area contributed by atoms with Crippen molar-refractivity contribution in [2.45, 2.75) is 0 Å². The molecule has 15 rings (SSSR count). The van der Waals surface area contributed by atoms with E-state index >= 15 is 0 Å². The maximum absolute atomic E-state index is 7.01. The summed E-state index contributed by atoms with van der Waals surface area (Å²) in [5.41, 5.74) is 16.2. The molecule has 0 radical (unpaired) electrons. The fourth-order valence-electron chi connectivity index (χ4n) is 12.0. The summed E-state index contributed by atoms with van der Waals surface area (Å²) in [5, 5.41) is 13.4. The largest absolute Gasteiger partial charge is 0.455 e. The molecule has 0 atom stereocenters. The van der Waals surface area contributed by atoms with Crippen LogP contribution in [0.15, 0.2) is 180 Å². The van der Waals surface area contributed by atoms with Crippen molar-refractivity contribution in [3.05, 3.63) is 176 Å². The fraction of sp³-hybridized carbons (Fsp3) is 0. The zero-order valence-corrected chi connectivity index (χ0v) is 31.6. The van der Waals surface area contributed by atoms with Crippen LogP contribution in [0.4, 0.5) is 17.1 Å². The number of para-hydroxylation sites is 4. The van der Waals surface area contributed by atoms with Crippen LogP contribution < -0.4 is 36.6 Å². The van der Waals surface area contributed by atoms with Crippen LogP contribution in [0.2, 0.25) is 0 Å². The molecule has 0 saturated carbocycles. The van der Waals surface area contributed by atoms with Crippen molar-refractivity contribution in [1.29, 1.82) is 0 Å². The van der Waals surface area contributed by atoms with E-state index in [1.807, 2.05) is 0 Å². The average Bonchev–Trinajstić information content (AvgIpc) is 3.92. The predicted molar refractivity (Wildman–Crippen MR) is 241 cm³/mol. The van der Waals surface area contributed by atoms with Gasteiger partial charge in [0.15, 0.2) is 8.07 Å². The van der Waals surface area contributed by atoms with E-state index in [9.17, 15) is 0 Å². The molecule has 0 bridgehead atoms. The Balaban J connectivity index is 1.19. The van der Waals surface area contributed by atoms with Gasteiger partial charge in [0, 0.05) is 60.8 Å². The van der Waals surface area contributed by atoms with Crippen LogP contribution in [-0.2, 0) is 0 Å². The summed E-state index contributed by atoms with van der Waals surface area (Å²) >= 11 is 0. The van der Waals surface area contributed by atoms with Crippen LogP contribution in [0, 0.1) is 0 Å². The van der Waals surface area contributed by atoms with Gasteiger partial charge < -0.3 is 13.8 Å². The summed E-state index contributed by atoms with van der Waals surface area (Å²) in [4.78, 5) is 2.66. The number of benzene rings is 9. The molecule has 1 spiro atoms. The molecule has 0 unspecified atom stereocenters. The van der Waals surface area contributed by atoms with Crippen molar-refractivity contribution in [3.8, 4) is 22.3 Å². The Morgan fingerprint density at radius 2 is 1.16 bits per heavy atom. The minimum absolute atomic E-state index is 0.0712.